The molecule has 0 fully saturated rings. The maximum Gasteiger partial charge on any atom is 0.356 e. The van der Waals surface area contributed by atoms with Gasteiger partial charge in [-0.15, -0.1) is 0 Å². The molecule has 0 atom stereocenters. The fraction of sp³-hybridized carbons (Fsp3) is 0.111. The van der Waals surface area contributed by atoms with E-state index in [1.54, 1.807) is 22.7 Å². The van der Waals surface area contributed by atoms with E-state index in [1.165, 1.54) is 0 Å². The second-order valence-electron chi connectivity index (χ2n) is 2.91. The van der Waals surface area contributed by atoms with Gasteiger partial charge in [0.05, 0.1) is 5.52 Å². The molecular formula is C9H7BrN2O3. The molecular weight excluding hydrogens is 264 g/mol. The predicted octanol–water partition coefficient (Wildman–Crippen LogP) is 1.29. The summed E-state index contributed by atoms with van der Waals surface area (Å²) in [6, 6.07) is 3.47. The Bertz CT molecular complexity index is 535. The van der Waals surface area contributed by atoms with Gasteiger partial charge in [-0.3, -0.25) is 4.40 Å². The molecule has 0 aliphatic heterocycles. The van der Waals surface area contributed by atoms with Gasteiger partial charge in [0.2, 0.25) is 0 Å². The van der Waals surface area contributed by atoms with Crippen molar-refractivity contribution in [3.63, 3.8) is 0 Å². The van der Waals surface area contributed by atoms with Crippen molar-refractivity contribution in [3.05, 3.63) is 34.3 Å². The number of imidazole rings is 1. The quantitative estimate of drug-likeness (QED) is 0.863. The average molecular weight is 271 g/mol. The minimum absolute atomic E-state index is 0.0634. The molecule has 0 amide bonds. The topological polar surface area (TPSA) is 74.8 Å². The molecule has 0 saturated carbocycles. The summed E-state index contributed by atoms with van der Waals surface area (Å²) in [5.74, 6) is -0.803. The summed E-state index contributed by atoms with van der Waals surface area (Å²) in [5, 5.41) is 18.0. The molecule has 6 heteroatoms. The van der Waals surface area contributed by atoms with Gasteiger partial charge < -0.3 is 10.2 Å². The molecule has 2 N–H and O–H groups in total. The highest BCUT2D eigenvalue weighted by atomic mass is 79.9. The Morgan fingerprint density at radius 3 is 2.93 bits per heavy atom. The van der Waals surface area contributed by atoms with E-state index in [2.05, 4.69) is 20.9 Å². The predicted molar refractivity (Wildman–Crippen MR) is 55.8 cm³/mol. The van der Waals surface area contributed by atoms with E-state index in [9.17, 15) is 4.79 Å². The smallest absolute Gasteiger partial charge is 0.356 e. The molecule has 2 aromatic heterocycles. The van der Waals surface area contributed by atoms with Crippen molar-refractivity contribution in [1.29, 1.82) is 0 Å². The van der Waals surface area contributed by atoms with Crippen LogP contribution < -0.4 is 0 Å². The van der Waals surface area contributed by atoms with Crippen LogP contribution in [0.4, 0.5) is 0 Å². The van der Waals surface area contributed by atoms with Crippen molar-refractivity contribution in [3.8, 4) is 0 Å². The number of aliphatic hydroxyl groups excluding tert-OH is 1. The molecule has 5 nitrogen and oxygen atoms in total. The molecule has 0 bridgehead atoms. The third-order valence-corrected chi connectivity index (χ3v) is 2.67. The van der Waals surface area contributed by atoms with Gasteiger partial charge in [0.1, 0.15) is 12.4 Å². The van der Waals surface area contributed by atoms with Crippen LogP contribution in [0.5, 0.6) is 0 Å². The maximum atomic E-state index is 10.9. The second-order valence-corrected chi connectivity index (χ2v) is 3.77. The number of nitrogens with zero attached hydrogens (tertiary/aromatic N) is 2. The van der Waals surface area contributed by atoms with Crippen molar-refractivity contribution in [2.75, 3.05) is 0 Å². The number of hydrogen-bond donors (Lipinski definition) is 2. The van der Waals surface area contributed by atoms with Crippen LogP contribution in [0.2, 0.25) is 0 Å². The van der Waals surface area contributed by atoms with Crippen LogP contribution >= 0.6 is 15.9 Å². The highest BCUT2D eigenvalue weighted by Gasteiger charge is 2.17. The Hall–Kier alpha value is -1.40. The van der Waals surface area contributed by atoms with Crippen LogP contribution in [-0.2, 0) is 6.61 Å². The number of pyridine rings is 1. The summed E-state index contributed by atoms with van der Waals surface area (Å²) in [6.45, 7) is -0.301. The highest BCUT2D eigenvalue weighted by molar-refractivity contribution is 9.10. The first-order valence-electron chi connectivity index (χ1n) is 4.14. The maximum absolute atomic E-state index is 10.9. The number of carbonyl (C=O) groups is 1. The largest absolute Gasteiger partial charge is 0.476 e. The van der Waals surface area contributed by atoms with Crippen LogP contribution in [0.3, 0.4) is 0 Å². The summed E-state index contributed by atoms with van der Waals surface area (Å²) in [5.41, 5.74) is 0.389. The number of carboxylic acid groups (broad SMARTS) is 1. The van der Waals surface area contributed by atoms with Gasteiger partial charge in [0, 0.05) is 10.7 Å². The fourth-order valence-electron chi connectivity index (χ4n) is 1.42. The SMILES string of the molecule is O=C(O)c1nc(CO)n2cccc(Br)c12. The lowest BCUT2D eigenvalue weighted by atomic mass is 10.3. The van der Waals surface area contributed by atoms with E-state index in [4.69, 9.17) is 10.2 Å². The van der Waals surface area contributed by atoms with Crippen LogP contribution in [-0.4, -0.2) is 25.6 Å². The summed E-state index contributed by atoms with van der Waals surface area (Å²) < 4.78 is 2.18. The summed E-state index contributed by atoms with van der Waals surface area (Å²) in [7, 11) is 0. The number of aromatic carboxylic acids is 1. The Kier molecular flexibility index (Phi) is 2.45. The first-order chi connectivity index (χ1) is 7.15. The summed E-state index contributed by atoms with van der Waals surface area (Å²) in [6.07, 6.45) is 1.66. The third kappa shape index (κ3) is 1.51. The molecule has 2 aromatic rings. The Morgan fingerprint density at radius 1 is 1.60 bits per heavy atom. The van der Waals surface area contributed by atoms with Gasteiger partial charge in [0.15, 0.2) is 5.69 Å². The van der Waals surface area contributed by atoms with E-state index in [1.807, 2.05) is 0 Å². The van der Waals surface area contributed by atoms with E-state index >= 15 is 0 Å². The number of carboxylic acids is 1. The van der Waals surface area contributed by atoms with E-state index in [0.29, 0.717) is 15.8 Å². The van der Waals surface area contributed by atoms with Crippen LogP contribution in [0, 0.1) is 0 Å². The van der Waals surface area contributed by atoms with E-state index in [0.717, 1.165) is 0 Å². The molecule has 0 aliphatic rings. The first kappa shape index (κ1) is 10.1. The Labute approximate surface area is 93.1 Å². The zero-order valence-electron chi connectivity index (χ0n) is 7.51. The molecule has 0 saturated heterocycles. The van der Waals surface area contributed by atoms with Gasteiger partial charge >= 0.3 is 5.97 Å². The summed E-state index contributed by atoms with van der Waals surface area (Å²) in [4.78, 5) is 14.8. The highest BCUT2D eigenvalue weighted by Crippen LogP contribution is 2.22. The molecule has 15 heavy (non-hydrogen) atoms. The zero-order valence-corrected chi connectivity index (χ0v) is 9.10. The summed E-state index contributed by atoms with van der Waals surface area (Å²) >= 11 is 3.25. The molecule has 0 spiro atoms. The average Bonchev–Trinajstić information content (AvgIpc) is 2.58. The first-order valence-corrected chi connectivity index (χ1v) is 4.94. The standard InChI is InChI=1S/C9H7BrN2O3/c10-5-2-1-3-12-6(4-13)11-7(8(5)12)9(14)15/h1-3,13H,4H2,(H,14,15). The lowest BCUT2D eigenvalue weighted by molar-refractivity contribution is 0.0693. The number of halogens is 1. The van der Waals surface area contributed by atoms with Gasteiger partial charge in [-0.05, 0) is 28.1 Å². The van der Waals surface area contributed by atoms with Crippen LogP contribution in [0.25, 0.3) is 5.52 Å². The van der Waals surface area contributed by atoms with Crippen molar-refractivity contribution in [2.24, 2.45) is 0 Å². The minimum atomic E-state index is -1.11. The number of fused-ring (bicyclic) bond motifs is 1. The molecule has 2 rings (SSSR count). The van der Waals surface area contributed by atoms with Crippen molar-refractivity contribution < 1.29 is 15.0 Å². The zero-order chi connectivity index (χ0) is 11.0. The monoisotopic (exact) mass is 270 g/mol. The van der Waals surface area contributed by atoms with Crippen molar-refractivity contribution in [1.82, 2.24) is 9.38 Å². The van der Waals surface area contributed by atoms with Gasteiger partial charge in [0.25, 0.3) is 0 Å². The molecule has 0 aliphatic carbocycles. The van der Waals surface area contributed by atoms with E-state index in [-0.39, 0.29) is 12.3 Å². The lowest BCUT2D eigenvalue weighted by Gasteiger charge is -1.98. The third-order valence-electron chi connectivity index (χ3n) is 2.03. The molecule has 0 unspecified atom stereocenters. The minimum Gasteiger partial charge on any atom is -0.476 e. The second kappa shape index (κ2) is 3.63. The number of aliphatic hydroxyl groups is 1. The van der Waals surface area contributed by atoms with Gasteiger partial charge in [-0.25, -0.2) is 9.78 Å². The van der Waals surface area contributed by atoms with E-state index < -0.39 is 5.97 Å². The van der Waals surface area contributed by atoms with Gasteiger partial charge in [-0.2, -0.15) is 0 Å². The number of hydrogen-bond acceptors (Lipinski definition) is 3. The number of aromatic nitrogens is 2. The van der Waals surface area contributed by atoms with Crippen LogP contribution in [0.15, 0.2) is 22.8 Å². The fourth-order valence-corrected chi connectivity index (χ4v) is 1.95. The number of rotatable bonds is 2. The Morgan fingerprint density at radius 2 is 2.33 bits per heavy atom. The van der Waals surface area contributed by atoms with Crippen LogP contribution in [0.1, 0.15) is 16.3 Å². The molecule has 0 aromatic carbocycles. The Balaban J connectivity index is 2.88. The normalized spacial score (nSPS) is 10.8. The molecule has 78 valence electrons. The molecule has 2 heterocycles. The van der Waals surface area contributed by atoms with Crippen molar-refractivity contribution in [2.45, 2.75) is 6.61 Å². The van der Waals surface area contributed by atoms with Gasteiger partial charge in [-0.1, -0.05) is 0 Å². The molecule has 0 radical (unpaired) electrons. The lowest BCUT2D eigenvalue weighted by Crippen LogP contribution is -1.97. The van der Waals surface area contributed by atoms with Crippen molar-refractivity contribution >= 4 is 27.4 Å².